The third-order valence-corrected chi connectivity index (χ3v) is 5.31. The second kappa shape index (κ2) is 6.59. The van der Waals surface area contributed by atoms with Gasteiger partial charge in [-0.1, -0.05) is 5.57 Å². The van der Waals surface area contributed by atoms with Gasteiger partial charge in [-0.2, -0.15) is 0 Å². The van der Waals surface area contributed by atoms with E-state index in [1.165, 1.54) is 18.4 Å². The maximum absolute atomic E-state index is 10.4. The number of imidazole rings is 1. The second-order valence-corrected chi connectivity index (χ2v) is 7.23. The third-order valence-electron chi connectivity index (χ3n) is 5.31. The molecule has 7 nitrogen and oxygen atoms in total. The number of phenols is 1. The Morgan fingerprint density at radius 2 is 2.00 bits per heavy atom. The van der Waals surface area contributed by atoms with Crippen LogP contribution >= 0.6 is 0 Å². The van der Waals surface area contributed by atoms with Gasteiger partial charge in [-0.3, -0.25) is 0 Å². The van der Waals surface area contributed by atoms with Crippen molar-refractivity contribution >= 4 is 6.08 Å². The minimum Gasteiger partial charge on any atom is -0.507 e. The first kappa shape index (κ1) is 16.1. The first-order valence-corrected chi connectivity index (χ1v) is 9.21. The lowest BCUT2D eigenvalue weighted by molar-refractivity contribution is 0.475. The van der Waals surface area contributed by atoms with Crippen LogP contribution in [0.5, 0.6) is 5.75 Å². The number of nitrogens with zero attached hydrogens (tertiary/aromatic N) is 5. The molecule has 2 aliphatic rings. The average molecular weight is 360 g/mol. The van der Waals surface area contributed by atoms with Crippen LogP contribution in [0.15, 0.2) is 48.7 Å². The fourth-order valence-corrected chi connectivity index (χ4v) is 4.02. The molecule has 5 rings (SSSR count). The summed E-state index contributed by atoms with van der Waals surface area (Å²) in [5.74, 6) is 0.529. The second-order valence-electron chi connectivity index (χ2n) is 7.23. The zero-order chi connectivity index (χ0) is 18.2. The molecular weight excluding hydrogens is 340 g/mol. The highest BCUT2D eigenvalue weighted by atomic mass is 16.3. The van der Waals surface area contributed by atoms with Crippen molar-refractivity contribution < 1.29 is 5.11 Å². The Morgan fingerprint density at radius 1 is 1.15 bits per heavy atom. The number of hydrogen-bond donors (Lipinski definition) is 2. The van der Waals surface area contributed by atoms with E-state index in [1.54, 1.807) is 30.9 Å². The van der Waals surface area contributed by atoms with Gasteiger partial charge in [0.2, 0.25) is 0 Å². The van der Waals surface area contributed by atoms with E-state index in [0.29, 0.717) is 23.5 Å². The summed E-state index contributed by atoms with van der Waals surface area (Å²) in [6, 6.07) is 6.58. The van der Waals surface area contributed by atoms with Crippen LogP contribution in [0, 0.1) is 0 Å². The third kappa shape index (κ3) is 3.21. The molecule has 3 aromatic rings. The van der Waals surface area contributed by atoms with Crippen molar-refractivity contribution in [1.29, 1.82) is 0 Å². The molecule has 0 saturated carbocycles. The highest BCUT2D eigenvalue weighted by molar-refractivity contribution is 5.66. The largest absolute Gasteiger partial charge is 0.507 e. The van der Waals surface area contributed by atoms with E-state index in [1.807, 2.05) is 16.8 Å². The summed E-state index contributed by atoms with van der Waals surface area (Å²) in [6.45, 7) is 0. The van der Waals surface area contributed by atoms with Crippen molar-refractivity contribution in [3.8, 4) is 22.8 Å². The summed E-state index contributed by atoms with van der Waals surface area (Å²) >= 11 is 0. The molecule has 0 radical (unpaired) electrons. The zero-order valence-corrected chi connectivity index (χ0v) is 14.8. The van der Waals surface area contributed by atoms with Crippen LogP contribution in [0.1, 0.15) is 31.4 Å². The molecule has 27 heavy (non-hydrogen) atoms. The van der Waals surface area contributed by atoms with E-state index < -0.39 is 0 Å². The number of piperidine rings is 1. The Kier molecular flexibility index (Phi) is 3.94. The molecule has 2 aromatic heterocycles. The highest BCUT2D eigenvalue weighted by Gasteiger charge is 2.30. The summed E-state index contributed by atoms with van der Waals surface area (Å²) in [5.41, 5.74) is 3.57. The number of rotatable bonds is 3. The standard InChI is InChI=1S/C20H20N6O/c27-19-10-17(26-6-5-21-12-26)3-4-18(19)20-22-11-16(24-25-20)9-13-7-14-1-2-15(8-13)23-14/h3-6,9-12,14-15,23,27H,1-2,7-8H2/t14-,15+. The summed E-state index contributed by atoms with van der Waals surface area (Å²) in [4.78, 5) is 8.43. The monoisotopic (exact) mass is 360 g/mol. The first-order valence-electron chi connectivity index (χ1n) is 9.21. The molecule has 2 N–H and O–H groups in total. The van der Waals surface area contributed by atoms with Crippen LogP contribution in [0.2, 0.25) is 0 Å². The molecule has 1 aromatic carbocycles. The normalized spacial score (nSPS) is 23.0. The smallest absolute Gasteiger partial charge is 0.185 e. The van der Waals surface area contributed by atoms with Crippen LogP contribution < -0.4 is 5.32 Å². The van der Waals surface area contributed by atoms with Crippen molar-refractivity contribution in [2.75, 3.05) is 0 Å². The first-order chi connectivity index (χ1) is 13.2. The SMILES string of the molecule is Oc1cc(-n2ccnc2)ccc1-c1ncc(C=C2C[C@H]3CC[C@@H](C2)N3)nn1. The average Bonchev–Trinajstić information content (AvgIpc) is 3.32. The predicted molar refractivity (Wildman–Crippen MR) is 101 cm³/mol. The van der Waals surface area contributed by atoms with E-state index in [0.717, 1.165) is 24.2 Å². The van der Waals surface area contributed by atoms with Crippen LogP contribution in [0.25, 0.3) is 23.2 Å². The van der Waals surface area contributed by atoms with Crippen molar-refractivity contribution in [2.45, 2.75) is 37.8 Å². The van der Waals surface area contributed by atoms with E-state index in [9.17, 15) is 5.11 Å². The molecule has 2 atom stereocenters. The van der Waals surface area contributed by atoms with Gasteiger partial charge in [-0.15, -0.1) is 10.2 Å². The van der Waals surface area contributed by atoms with Crippen LogP contribution in [0.3, 0.4) is 0 Å². The van der Waals surface area contributed by atoms with Gasteiger partial charge >= 0.3 is 0 Å². The van der Waals surface area contributed by atoms with Gasteiger partial charge in [0.25, 0.3) is 0 Å². The van der Waals surface area contributed by atoms with Gasteiger partial charge in [0.1, 0.15) is 11.4 Å². The molecular formula is C20H20N6O. The van der Waals surface area contributed by atoms with Gasteiger partial charge in [0.05, 0.1) is 23.8 Å². The lowest BCUT2D eigenvalue weighted by Gasteiger charge is -2.23. The maximum atomic E-state index is 10.4. The van der Waals surface area contributed by atoms with Crippen molar-refractivity contribution in [3.05, 3.63) is 54.4 Å². The number of aromatic nitrogens is 5. The number of phenolic OH excluding ortho intramolecular Hbond substituents is 1. The molecule has 2 bridgehead atoms. The lowest BCUT2D eigenvalue weighted by atomic mass is 9.98. The van der Waals surface area contributed by atoms with E-state index >= 15 is 0 Å². The van der Waals surface area contributed by atoms with Gasteiger partial charge in [-0.25, -0.2) is 9.97 Å². The Bertz CT molecular complexity index is 966. The summed E-state index contributed by atoms with van der Waals surface area (Å²) in [7, 11) is 0. The quantitative estimate of drug-likeness (QED) is 0.747. The molecule has 0 spiro atoms. The zero-order valence-electron chi connectivity index (χ0n) is 14.8. The van der Waals surface area contributed by atoms with Gasteiger partial charge in [0, 0.05) is 30.5 Å². The topological polar surface area (TPSA) is 88.8 Å². The van der Waals surface area contributed by atoms with Crippen LogP contribution in [-0.4, -0.2) is 41.9 Å². The lowest BCUT2D eigenvalue weighted by Crippen LogP contribution is -2.34. The Hall–Kier alpha value is -3.06. The summed E-state index contributed by atoms with van der Waals surface area (Å²) in [5, 5.41) is 22.5. The molecule has 2 fully saturated rings. The predicted octanol–water partition coefficient (Wildman–Crippen LogP) is 2.73. The number of fused-ring (bicyclic) bond motifs is 2. The van der Waals surface area contributed by atoms with Crippen molar-refractivity contribution in [2.24, 2.45) is 0 Å². The minimum atomic E-state index is 0.115. The van der Waals surface area contributed by atoms with E-state index in [4.69, 9.17) is 0 Å². The Balaban J connectivity index is 1.37. The molecule has 0 amide bonds. The Labute approximate surface area is 156 Å². The molecule has 2 aliphatic heterocycles. The molecule has 2 saturated heterocycles. The molecule has 4 heterocycles. The highest BCUT2D eigenvalue weighted by Crippen LogP contribution is 2.32. The molecule has 0 aliphatic carbocycles. The number of benzene rings is 1. The number of nitrogens with one attached hydrogen (secondary N) is 1. The fraction of sp³-hybridized carbons (Fsp3) is 0.300. The minimum absolute atomic E-state index is 0.115. The van der Waals surface area contributed by atoms with Gasteiger partial charge in [-0.05, 0) is 43.9 Å². The van der Waals surface area contributed by atoms with Gasteiger partial charge in [0.15, 0.2) is 5.82 Å². The molecule has 136 valence electrons. The van der Waals surface area contributed by atoms with Crippen molar-refractivity contribution in [1.82, 2.24) is 30.0 Å². The van der Waals surface area contributed by atoms with Crippen LogP contribution in [0.4, 0.5) is 0 Å². The number of aromatic hydroxyl groups is 1. The maximum Gasteiger partial charge on any atom is 0.185 e. The molecule has 7 heteroatoms. The van der Waals surface area contributed by atoms with E-state index in [2.05, 4.69) is 31.6 Å². The fourth-order valence-electron chi connectivity index (χ4n) is 4.02. The van der Waals surface area contributed by atoms with E-state index in [-0.39, 0.29) is 5.75 Å². The van der Waals surface area contributed by atoms with Gasteiger partial charge < -0.3 is 15.0 Å². The molecule has 0 unspecified atom stereocenters. The number of hydrogen-bond acceptors (Lipinski definition) is 6. The summed E-state index contributed by atoms with van der Waals surface area (Å²) in [6.07, 6.45) is 13.7. The van der Waals surface area contributed by atoms with Crippen molar-refractivity contribution in [3.63, 3.8) is 0 Å². The van der Waals surface area contributed by atoms with Crippen LogP contribution in [-0.2, 0) is 0 Å². The summed E-state index contributed by atoms with van der Waals surface area (Å²) < 4.78 is 1.82. The Morgan fingerprint density at radius 3 is 2.67 bits per heavy atom.